The van der Waals surface area contributed by atoms with Gasteiger partial charge in [0, 0.05) is 17.6 Å². The third-order valence-corrected chi connectivity index (χ3v) is 6.33. The first-order valence-electron chi connectivity index (χ1n) is 10.5. The maximum Gasteiger partial charge on any atom is 0.335 e. The number of halogens is 2. The second-order valence-corrected chi connectivity index (χ2v) is 8.67. The fourth-order valence-electron chi connectivity index (χ4n) is 4.28. The van der Waals surface area contributed by atoms with Crippen molar-refractivity contribution in [3.05, 3.63) is 93.5 Å². The molecule has 0 heterocycles. The highest BCUT2D eigenvalue weighted by atomic mass is 35.5. The molecule has 0 aliphatic heterocycles. The van der Waals surface area contributed by atoms with Gasteiger partial charge in [-0.15, -0.1) is 12.4 Å². The maximum atomic E-state index is 11.3. The van der Waals surface area contributed by atoms with Crippen molar-refractivity contribution in [2.24, 2.45) is 0 Å². The van der Waals surface area contributed by atoms with E-state index < -0.39 is 12.1 Å². The number of hydrogen-bond acceptors (Lipinski definition) is 3. The van der Waals surface area contributed by atoms with Crippen LogP contribution in [0.2, 0.25) is 5.02 Å². The lowest BCUT2D eigenvalue weighted by Gasteiger charge is -2.27. The van der Waals surface area contributed by atoms with Gasteiger partial charge in [-0.05, 0) is 77.8 Å². The van der Waals surface area contributed by atoms with Crippen molar-refractivity contribution in [3.63, 3.8) is 0 Å². The van der Waals surface area contributed by atoms with Gasteiger partial charge in [0.05, 0.1) is 11.7 Å². The second-order valence-electron chi connectivity index (χ2n) is 8.23. The molecule has 0 bridgehead atoms. The highest BCUT2D eigenvalue weighted by Gasteiger charge is 2.20. The first-order chi connectivity index (χ1) is 14.9. The van der Waals surface area contributed by atoms with Gasteiger partial charge < -0.3 is 15.5 Å². The zero-order valence-corrected chi connectivity index (χ0v) is 19.4. The monoisotopic (exact) mass is 471 g/mol. The minimum Gasteiger partial charge on any atom is -0.478 e. The third-order valence-electron chi connectivity index (χ3n) is 6.08. The van der Waals surface area contributed by atoms with Gasteiger partial charge in [0.25, 0.3) is 0 Å². The van der Waals surface area contributed by atoms with Crippen LogP contribution in [0.3, 0.4) is 0 Å². The molecule has 4 rings (SSSR count). The van der Waals surface area contributed by atoms with Crippen LogP contribution in [0.4, 0.5) is 0 Å². The van der Waals surface area contributed by atoms with E-state index in [2.05, 4.69) is 23.5 Å². The van der Waals surface area contributed by atoms with Crippen LogP contribution < -0.4 is 5.32 Å². The number of nitrogens with one attached hydrogen (secondary N) is 1. The van der Waals surface area contributed by atoms with Crippen molar-refractivity contribution >= 4 is 30.0 Å². The summed E-state index contributed by atoms with van der Waals surface area (Å²) in [5.41, 5.74) is 6.75. The highest BCUT2D eigenvalue weighted by Crippen LogP contribution is 2.29. The van der Waals surface area contributed by atoms with E-state index in [-0.39, 0.29) is 12.4 Å². The summed E-state index contributed by atoms with van der Waals surface area (Å²) < 4.78 is 0. The highest BCUT2D eigenvalue weighted by molar-refractivity contribution is 6.30. The Kier molecular flexibility index (Phi) is 7.96. The Hall–Kier alpha value is -2.37. The van der Waals surface area contributed by atoms with Crippen LogP contribution in [-0.4, -0.2) is 28.8 Å². The van der Waals surface area contributed by atoms with Gasteiger partial charge in [-0.2, -0.15) is 0 Å². The molecule has 6 heteroatoms. The van der Waals surface area contributed by atoms with Crippen molar-refractivity contribution in [1.82, 2.24) is 5.32 Å². The van der Waals surface area contributed by atoms with E-state index in [0.29, 0.717) is 23.2 Å². The average Bonchev–Trinajstić information content (AvgIpc) is 2.77. The molecule has 3 aromatic rings. The minimum absolute atomic E-state index is 0. The van der Waals surface area contributed by atoms with Gasteiger partial charge in [0.2, 0.25) is 0 Å². The number of rotatable bonds is 6. The summed E-state index contributed by atoms with van der Waals surface area (Å²) in [5, 5.41) is 23.9. The van der Waals surface area contributed by atoms with Gasteiger partial charge in [-0.25, -0.2) is 4.79 Å². The van der Waals surface area contributed by atoms with Crippen LogP contribution >= 0.6 is 24.0 Å². The zero-order valence-electron chi connectivity index (χ0n) is 17.8. The van der Waals surface area contributed by atoms with E-state index >= 15 is 0 Å². The quantitative estimate of drug-likeness (QED) is 0.436. The molecule has 32 heavy (non-hydrogen) atoms. The fourth-order valence-corrected chi connectivity index (χ4v) is 4.40. The number of fused-ring (bicyclic) bond motifs is 1. The molecule has 0 spiro atoms. The van der Waals surface area contributed by atoms with Crippen LogP contribution in [0.1, 0.15) is 45.1 Å². The normalized spacial score (nSPS) is 16.0. The zero-order chi connectivity index (χ0) is 22.0. The second kappa shape index (κ2) is 10.5. The Balaban J connectivity index is 0.00000289. The number of carboxylic acids is 1. The first-order valence-corrected chi connectivity index (χ1v) is 10.9. The number of benzene rings is 3. The Morgan fingerprint density at radius 1 is 1.06 bits per heavy atom. The van der Waals surface area contributed by atoms with Crippen LogP contribution in [0.15, 0.2) is 60.7 Å². The number of carboxylic acid groups (broad SMARTS) is 1. The molecular formula is C26H27Cl2NO3. The molecule has 1 aliphatic carbocycles. The Morgan fingerprint density at radius 2 is 1.75 bits per heavy atom. The van der Waals surface area contributed by atoms with Gasteiger partial charge in [-0.3, -0.25) is 0 Å². The van der Waals surface area contributed by atoms with Crippen LogP contribution in [0.25, 0.3) is 11.1 Å². The molecule has 0 saturated carbocycles. The number of aromatic carboxylic acids is 1. The molecule has 168 valence electrons. The summed E-state index contributed by atoms with van der Waals surface area (Å²) in [6.07, 6.45) is 2.37. The fraction of sp³-hybridized carbons (Fsp3) is 0.269. The molecule has 0 unspecified atom stereocenters. The number of aliphatic hydroxyl groups excluding tert-OH is 1. The summed E-state index contributed by atoms with van der Waals surface area (Å²) >= 11 is 5.93. The molecule has 0 aromatic heterocycles. The summed E-state index contributed by atoms with van der Waals surface area (Å²) in [6, 6.07) is 19.6. The summed E-state index contributed by atoms with van der Waals surface area (Å²) in [6.45, 7) is 2.33. The lowest BCUT2D eigenvalue weighted by atomic mass is 9.86. The lowest BCUT2D eigenvalue weighted by Crippen LogP contribution is -2.37. The number of aryl methyl sites for hydroxylation is 2. The number of hydrogen-bond donors (Lipinski definition) is 3. The SMILES string of the molecule is Cc1cc(-c2ccc3c(c2)C[C@@H](NC[C@H](O)c2ccc(Cl)cc2)CC3)ccc1C(=O)O.Cl. The molecular weight excluding hydrogens is 445 g/mol. The largest absolute Gasteiger partial charge is 0.478 e. The van der Waals surface area contributed by atoms with E-state index in [1.165, 1.54) is 11.1 Å². The van der Waals surface area contributed by atoms with Gasteiger partial charge in [0.15, 0.2) is 0 Å². The first kappa shape index (κ1) is 24.3. The molecule has 0 fully saturated rings. The number of aliphatic hydroxyl groups is 1. The average molecular weight is 472 g/mol. The molecule has 4 nitrogen and oxygen atoms in total. The van der Waals surface area contributed by atoms with Gasteiger partial charge in [0.1, 0.15) is 0 Å². The molecule has 0 radical (unpaired) electrons. The van der Waals surface area contributed by atoms with Crippen LogP contribution in [-0.2, 0) is 12.8 Å². The Bertz CT molecular complexity index is 1100. The molecule has 0 amide bonds. The lowest BCUT2D eigenvalue weighted by molar-refractivity contribution is 0.0696. The van der Waals surface area contributed by atoms with Gasteiger partial charge >= 0.3 is 5.97 Å². The van der Waals surface area contributed by atoms with Crippen molar-refractivity contribution in [1.29, 1.82) is 0 Å². The van der Waals surface area contributed by atoms with E-state index in [4.69, 9.17) is 11.6 Å². The van der Waals surface area contributed by atoms with Gasteiger partial charge in [-0.1, -0.05) is 54.1 Å². The van der Waals surface area contributed by atoms with E-state index in [1.54, 1.807) is 18.2 Å². The molecule has 0 saturated heterocycles. The summed E-state index contributed by atoms with van der Waals surface area (Å²) in [4.78, 5) is 11.3. The predicted octanol–water partition coefficient (Wildman–Crippen LogP) is 5.62. The van der Waals surface area contributed by atoms with Crippen LogP contribution in [0, 0.1) is 6.92 Å². The van der Waals surface area contributed by atoms with E-state index in [9.17, 15) is 15.0 Å². The smallest absolute Gasteiger partial charge is 0.335 e. The Labute approximate surface area is 199 Å². The summed E-state index contributed by atoms with van der Waals surface area (Å²) in [5.74, 6) is -0.899. The maximum absolute atomic E-state index is 11.3. The summed E-state index contributed by atoms with van der Waals surface area (Å²) in [7, 11) is 0. The standard InChI is InChI=1S/C26H26ClNO3.ClH/c1-16-12-19(7-11-24(16)26(30)31)20-3-2-17-6-10-23(14-21(17)13-20)28-15-25(29)18-4-8-22(27)9-5-18;/h2-5,7-9,11-13,23,25,28-29H,6,10,14-15H2,1H3,(H,30,31);1H/t23-,25-;/m0./s1. The molecule has 1 aliphatic rings. The van der Waals surface area contributed by atoms with E-state index in [0.717, 1.165) is 41.5 Å². The Morgan fingerprint density at radius 3 is 2.44 bits per heavy atom. The molecule has 2 atom stereocenters. The van der Waals surface area contributed by atoms with Crippen molar-refractivity contribution < 1.29 is 15.0 Å². The number of carbonyl (C=O) groups is 1. The predicted molar refractivity (Wildman–Crippen MR) is 131 cm³/mol. The van der Waals surface area contributed by atoms with Crippen molar-refractivity contribution in [2.45, 2.75) is 38.3 Å². The van der Waals surface area contributed by atoms with Crippen LogP contribution in [0.5, 0.6) is 0 Å². The van der Waals surface area contributed by atoms with Crippen molar-refractivity contribution in [3.8, 4) is 11.1 Å². The van der Waals surface area contributed by atoms with Crippen molar-refractivity contribution in [2.75, 3.05) is 6.54 Å². The topological polar surface area (TPSA) is 69.6 Å². The molecule has 3 aromatic carbocycles. The minimum atomic E-state index is -0.899. The van der Waals surface area contributed by atoms with E-state index in [1.807, 2.05) is 31.2 Å². The molecule has 3 N–H and O–H groups in total. The third kappa shape index (κ3) is 5.51.